The summed E-state index contributed by atoms with van der Waals surface area (Å²) in [6.07, 6.45) is 0. The molecule has 0 amide bonds. The first kappa shape index (κ1) is 15.2. The third-order valence-corrected chi connectivity index (χ3v) is 1.21. The van der Waals surface area contributed by atoms with Crippen LogP contribution >= 0.6 is 0 Å². The second-order valence-corrected chi connectivity index (χ2v) is 1.92. The molecule has 1 aromatic carbocycles. The molecule has 0 unspecified atom stereocenters. The minimum Gasteiger partial charge on any atom is -0.603 e. The Kier molecular flexibility index (Phi) is 8.31. The SMILES string of the molecule is COc1[c-]c(C(=O)[O-])ccc1.[Li+].[Li+]. The van der Waals surface area contributed by atoms with Gasteiger partial charge in [0.15, 0.2) is 0 Å². The van der Waals surface area contributed by atoms with Crippen LogP contribution in [0.4, 0.5) is 0 Å². The zero-order valence-corrected chi connectivity index (χ0v) is 7.96. The van der Waals surface area contributed by atoms with Gasteiger partial charge in [-0.05, 0) is 5.97 Å². The number of carbonyl (C=O) groups is 1. The minimum absolute atomic E-state index is 0. The molecule has 0 bridgehead atoms. The van der Waals surface area contributed by atoms with Gasteiger partial charge in [-0.25, -0.2) is 0 Å². The average molecular weight is 164 g/mol. The normalized spacial score (nSPS) is 7.77. The van der Waals surface area contributed by atoms with Crippen LogP contribution in [0.1, 0.15) is 10.4 Å². The number of aromatic carboxylic acids is 1. The van der Waals surface area contributed by atoms with Gasteiger partial charge in [-0.3, -0.25) is 0 Å². The van der Waals surface area contributed by atoms with E-state index in [1.807, 2.05) is 0 Å². The Bertz CT molecular complexity index is 276. The Morgan fingerprint density at radius 1 is 1.46 bits per heavy atom. The van der Waals surface area contributed by atoms with E-state index in [0.29, 0.717) is 5.75 Å². The van der Waals surface area contributed by atoms with Gasteiger partial charge in [-0.2, -0.15) is 0 Å². The van der Waals surface area contributed by atoms with E-state index in [9.17, 15) is 9.90 Å². The first-order chi connectivity index (χ1) is 5.24. The molecule has 3 nitrogen and oxygen atoms in total. The van der Waals surface area contributed by atoms with Crippen LogP contribution in [0.15, 0.2) is 18.2 Å². The summed E-state index contributed by atoms with van der Waals surface area (Å²) >= 11 is 0. The number of methoxy groups -OCH3 is 1. The molecule has 0 radical (unpaired) electrons. The Labute approximate surface area is 101 Å². The first-order valence-corrected chi connectivity index (χ1v) is 3.01. The maximum atomic E-state index is 10.3. The van der Waals surface area contributed by atoms with Gasteiger partial charge in [0.05, 0.1) is 7.11 Å². The predicted molar refractivity (Wildman–Crippen MR) is 36.2 cm³/mol. The Morgan fingerprint density at radius 3 is 2.54 bits per heavy atom. The summed E-state index contributed by atoms with van der Waals surface area (Å²) in [6.45, 7) is 0. The van der Waals surface area contributed by atoms with Crippen molar-refractivity contribution in [3.8, 4) is 5.75 Å². The van der Waals surface area contributed by atoms with Crippen LogP contribution in [0.25, 0.3) is 0 Å². The van der Waals surface area contributed by atoms with Crippen molar-refractivity contribution in [2.45, 2.75) is 0 Å². The van der Waals surface area contributed by atoms with Gasteiger partial charge in [-0.1, -0.05) is 6.07 Å². The van der Waals surface area contributed by atoms with Crippen molar-refractivity contribution in [1.82, 2.24) is 0 Å². The van der Waals surface area contributed by atoms with Crippen molar-refractivity contribution >= 4 is 5.97 Å². The molecule has 5 heteroatoms. The molecule has 0 aliphatic heterocycles. The monoisotopic (exact) mass is 164 g/mol. The van der Waals surface area contributed by atoms with Crippen molar-refractivity contribution in [3.05, 3.63) is 29.8 Å². The number of benzene rings is 1. The minimum atomic E-state index is -1.25. The molecule has 0 N–H and O–H groups in total. The maximum absolute atomic E-state index is 10.3. The van der Waals surface area contributed by atoms with Gasteiger partial charge < -0.3 is 14.6 Å². The van der Waals surface area contributed by atoms with Gasteiger partial charge in [0.1, 0.15) is 0 Å². The predicted octanol–water partition coefficient (Wildman–Crippen LogP) is -6.13. The summed E-state index contributed by atoms with van der Waals surface area (Å²) in [6, 6.07) is 7.10. The van der Waals surface area contributed by atoms with Gasteiger partial charge in [-0.15, -0.1) is 23.8 Å². The van der Waals surface area contributed by atoms with Crippen molar-refractivity contribution in [2.24, 2.45) is 0 Å². The molecular weight excluding hydrogens is 158 g/mol. The quantitative estimate of drug-likeness (QED) is 0.323. The molecule has 0 aliphatic rings. The Hall–Kier alpha value is -0.315. The van der Waals surface area contributed by atoms with Crippen molar-refractivity contribution in [2.75, 3.05) is 7.11 Å². The van der Waals surface area contributed by atoms with Gasteiger partial charge in [0.2, 0.25) is 0 Å². The van der Waals surface area contributed by atoms with E-state index in [1.165, 1.54) is 13.2 Å². The summed E-state index contributed by atoms with van der Waals surface area (Å²) in [5.74, 6) is -0.851. The average Bonchev–Trinajstić information content (AvgIpc) is 2.05. The van der Waals surface area contributed by atoms with E-state index >= 15 is 0 Å². The second kappa shape index (κ2) is 7.12. The number of carboxylic acid groups (broad SMARTS) is 1. The summed E-state index contributed by atoms with van der Waals surface area (Å²) < 4.78 is 4.76. The number of hydrogen-bond donors (Lipinski definition) is 0. The molecule has 0 fully saturated rings. The summed E-state index contributed by atoms with van der Waals surface area (Å²) in [7, 11) is 1.45. The molecule has 0 saturated heterocycles. The zero-order valence-electron chi connectivity index (χ0n) is 7.96. The van der Waals surface area contributed by atoms with Crippen LogP contribution < -0.4 is 47.6 Å². The summed E-state index contributed by atoms with van der Waals surface area (Å²) in [4.78, 5) is 10.3. The number of carbonyl (C=O) groups excluding carboxylic acids is 1. The molecule has 0 atom stereocenters. The van der Waals surface area contributed by atoms with Crippen LogP contribution in [-0.2, 0) is 0 Å². The van der Waals surface area contributed by atoms with E-state index in [-0.39, 0.29) is 43.3 Å². The molecule has 0 saturated carbocycles. The van der Waals surface area contributed by atoms with Gasteiger partial charge >= 0.3 is 37.7 Å². The largest absolute Gasteiger partial charge is 1.00 e. The van der Waals surface area contributed by atoms with Crippen molar-refractivity contribution in [1.29, 1.82) is 0 Å². The smallest absolute Gasteiger partial charge is 0.603 e. The number of hydrogen-bond acceptors (Lipinski definition) is 3. The van der Waals surface area contributed by atoms with Crippen LogP contribution in [0.5, 0.6) is 5.75 Å². The Balaban J connectivity index is 0. The third kappa shape index (κ3) is 4.45. The molecular formula is C8H6Li2O3. The van der Waals surface area contributed by atoms with E-state index < -0.39 is 5.97 Å². The van der Waals surface area contributed by atoms with Crippen molar-refractivity contribution < 1.29 is 52.4 Å². The maximum Gasteiger partial charge on any atom is 1.00 e. The third-order valence-electron chi connectivity index (χ3n) is 1.21. The van der Waals surface area contributed by atoms with E-state index in [4.69, 9.17) is 4.74 Å². The van der Waals surface area contributed by atoms with Crippen LogP contribution in [0.3, 0.4) is 0 Å². The van der Waals surface area contributed by atoms with Crippen molar-refractivity contribution in [3.63, 3.8) is 0 Å². The fourth-order valence-electron chi connectivity index (χ4n) is 0.686. The molecule has 0 heterocycles. The molecule has 1 rings (SSSR count). The standard InChI is InChI=1S/C8H7O3.2Li/c1-11-7-4-2-3-6(5-7)8(9)10;;/h2-4H,1H3,(H,9,10);;/q-1;2*+1/p-1. The van der Waals surface area contributed by atoms with E-state index in [2.05, 4.69) is 6.07 Å². The fraction of sp³-hybridized carbons (Fsp3) is 0.125. The van der Waals surface area contributed by atoms with Crippen LogP contribution in [0, 0.1) is 6.07 Å². The van der Waals surface area contributed by atoms with Crippen LogP contribution in [0.2, 0.25) is 0 Å². The molecule has 1 aromatic rings. The molecule has 0 spiro atoms. The Morgan fingerprint density at radius 2 is 2.08 bits per heavy atom. The van der Waals surface area contributed by atoms with E-state index in [1.54, 1.807) is 12.1 Å². The van der Waals surface area contributed by atoms with Crippen LogP contribution in [-0.4, -0.2) is 13.1 Å². The number of carboxylic acids is 1. The number of ether oxygens (including phenoxy) is 1. The van der Waals surface area contributed by atoms with Gasteiger partial charge in [0, 0.05) is 5.75 Å². The molecule has 13 heavy (non-hydrogen) atoms. The van der Waals surface area contributed by atoms with E-state index in [0.717, 1.165) is 0 Å². The fourth-order valence-corrected chi connectivity index (χ4v) is 0.686. The number of rotatable bonds is 2. The molecule has 58 valence electrons. The summed E-state index contributed by atoms with van der Waals surface area (Å²) in [5, 5.41) is 10.3. The zero-order chi connectivity index (χ0) is 8.27. The second-order valence-electron chi connectivity index (χ2n) is 1.92. The molecule has 0 aromatic heterocycles. The van der Waals surface area contributed by atoms with Gasteiger partial charge in [0.25, 0.3) is 0 Å². The summed E-state index contributed by atoms with van der Waals surface area (Å²) in [5.41, 5.74) is 0.00403. The first-order valence-electron chi connectivity index (χ1n) is 3.01. The topological polar surface area (TPSA) is 49.4 Å². The molecule has 0 aliphatic carbocycles.